The Labute approximate surface area is 123 Å². The van der Waals surface area contributed by atoms with Crippen molar-refractivity contribution in [2.45, 2.75) is 84.7 Å². The van der Waals surface area contributed by atoms with Gasteiger partial charge in [-0.05, 0) is 75.0 Å². The van der Waals surface area contributed by atoms with Gasteiger partial charge in [-0.3, -0.25) is 0 Å². The van der Waals surface area contributed by atoms with Crippen molar-refractivity contribution < 1.29 is 9.47 Å². The molecule has 0 aromatic rings. The summed E-state index contributed by atoms with van der Waals surface area (Å²) in [6.45, 7) is 14.0. The summed E-state index contributed by atoms with van der Waals surface area (Å²) in [6.07, 6.45) is 5.70. The minimum atomic E-state index is -0.409. The molecule has 3 saturated carbocycles. The van der Waals surface area contributed by atoms with E-state index in [2.05, 4.69) is 41.5 Å². The highest BCUT2D eigenvalue weighted by Gasteiger charge is 2.73. The van der Waals surface area contributed by atoms with Crippen molar-refractivity contribution >= 4 is 0 Å². The second-order valence-electron chi connectivity index (χ2n) is 9.34. The van der Waals surface area contributed by atoms with Gasteiger partial charge in [-0.2, -0.15) is 0 Å². The van der Waals surface area contributed by atoms with Crippen LogP contribution in [0.4, 0.5) is 0 Å². The van der Waals surface area contributed by atoms with Crippen molar-refractivity contribution in [2.24, 2.45) is 28.6 Å². The van der Waals surface area contributed by atoms with Gasteiger partial charge in [-0.25, -0.2) is 0 Å². The Balaban J connectivity index is 1.82. The van der Waals surface area contributed by atoms with E-state index in [1.165, 1.54) is 25.7 Å². The predicted octanol–water partition coefficient (Wildman–Crippen LogP) is 4.38. The van der Waals surface area contributed by atoms with Crippen molar-refractivity contribution in [3.8, 4) is 0 Å². The van der Waals surface area contributed by atoms with E-state index >= 15 is 0 Å². The average Bonchev–Trinajstić information content (AvgIpc) is 2.80. The van der Waals surface area contributed by atoms with Crippen molar-refractivity contribution in [2.75, 3.05) is 0 Å². The molecule has 0 aromatic carbocycles. The van der Waals surface area contributed by atoms with E-state index in [1.807, 2.05) is 0 Å². The first-order valence-electron chi connectivity index (χ1n) is 8.50. The summed E-state index contributed by atoms with van der Waals surface area (Å²) in [5.41, 5.74) is 0.836. The zero-order valence-corrected chi connectivity index (χ0v) is 14.0. The van der Waals surface area contributed by atoms with Crippen LogP contribution in [0.5, 0.6) is 0 Å². The Morgan fingerprint density at radius 3 is 2.30 bits per heavy atom. The lowest BCUT2D eigenvalue weighted by atomic mass is 9.63. The van der Waals surface area contributed by atoms with Crippen LogP contribution in [0.25, 0.3) is 0 Å². The number of ether oxygens (including phenoxy) is 2. The molecule has 0 aromatic heterocycles. The molecule has 20 heavy (non-hydrogen) atoms. The summed E-state index contributed by atoms with van der Waals surface area (Å²) in [5.74, 6) is 1.96. The first-order chi connectivity index (χ1) is 9.12. The van der Waals surface area contributed by atoms with Crippen LogP contribution in [0.15, 0.2) is 0 Å². The van der Waals surface area contributed by atoms with E-state index in [1.54, 1.807) is 0 Å². The average molecular weight is 278 g/mol. The van der Waals surface area contributed by atoms with Crippen LogP contribution >= 0.6 is 0 Å². The normalized spacial score (nSPS) is 58.5. The van der Waals surface area contributed by atoms with Gasteiger partial charge < -0.3 is 9.47 Å². The van der Waals surface area contributed by atoms with Gasteiger partial charge in [0, 0.05) is 0 Å². The molecule has 1 unspecified atom stereocenters. The van der Waals surface area contributed by atoms with E-state index in [9.17, 15) is 0 Å². The van der Waals surface area contributed by atoms with Gasteiger partial charge >= 0.3 is 0 Å². The fraction of sp³-hybridized carbons (Fsp3) is 1.00. The summed E-state index contributed by atoms with van der Waals surface area (Å²) in [6, 6.07) is 0. The Bertz CT molecular complexity index is 454. The molecule has 0 amide bonds. The fourth-order valence-electron chi connectivity index (χ4n) is 7.01. The topological polar surface area (TPSA) is 18.5 Å². The lowest BCUT2D eigenvalue weighted by Crippen LogP contribution is -2.52. The van der Waals surface area contributed by atoms with Gasteiger partial charge in [0.1, 0.15) is 0 Å². The lowest BCUT2D eigenvalue weighted by Gasteiger charge is -2.47. The van der Waals surface area contributed by atoms with E-state index in [4.69, 9.17) is 9.47 Å². The molecule has 4 rings (SSSR count). The quantitative estimate of drug-likeness (QED) is 0.654. The maximum absolute atomic E-state index is 6.48. The smallest absolute Gasteiger partial charge is 0.164 e. The van der Waals surface area contributed by atoms with E-state index in [0.717, 1.165) is 11.8 Å². The molecule has 2 heteroatoms. The summed E-state index contributed by atoms with van der Waals surface area (Å²) < 4.78 is 12.8. The summed E-state index contributed by atoms with van der Waals surface area (Å²) >= 11 is 0. The first-order valence-corrected chi connectivity index (χ1v) is 8.50. The Kier molecular flexibility index (Phi) is 2.35. The van der Waals surface area contributed by atoms with Crippen molar-refractivity contribution in [1.82, 2.24) is 0 Å². The maximum Gasteiger partial charge on any atom is 0.164 e. The summed E-state index contributed by atoms with van der Waals surface area (Å²) in [4.78, 5) is 0. The molecule has 2 bridgehead atoms. The first kappa shape index (κ1) is 13.6. The van der Waals surface area contributed by atoms with Crippen LogP contribution < -0.4 is 0 Å². The molecule has 4 aliphatic rings. The Morgan fingerprint density at radius 1 is 0.900 bits per heavy atom. The number of rotatable bonds is 0. The largest absolute Gasteiger partial charge is 0.344 e. The molecule has 1 heterocycles. The van der Waals surface area contributed by atoms with Crippen molar-refractivity contribution in [1.29, 1.82) is 0 Å². The van der Waals surface area contributed by atoms with E-state index in [0.29, 0.717) is 22.9 Å². The highest BCUT2D eigenvalue weighted by Crippen LogP contribution is 2.75. The molecule has 6 atom stereocenters. The predicted molar refractivity (Wildman–Crippen MR) is 79.3 cm³/mol. The van der Waals surface area contributed by atoms with Crippen LogP contribution in [0.1, 0.15) is 67.2 Å². The number of hydrogen-bond acceptors (Lipinski definition) is 2. The van der Waals surface area contributed by atoms with Crippen LogP contribution in [0.3, 0.4) is 0 Å². The molecular weight excluding hydrogens is 248 g/mol. The molecular formula is C18H30O2. The third kappa shape index (κ3) is 1.34. The van der Waals surface area contributed by atoms with E-state index < -0.39 is 5.79 Å². The SMILES string of the molecule is C[C@@H]1CC[C@H]2C(C)(C)C3C[C@@]12C[C@H]1OC(C)(C)O[C@@]31C. The zero-order valence-electron chi connectivity index (χ0n) is 14.0. The molecule has 0 radical (unpaired) electrons. The van der Waals surface area contributed by atoms with Gasteiger partial charge in [0.05, 0.1) is 11.7 Å². The molecule has 1 aliphatic heterocycles. The van der Waals surface area contributed by atoms with Crippen LogP contribution in [-0.4, -0.2) is 17.5 Å². The van der Waals surface area contributed by atoms with Crippen LogP contribution in [-0.2, 0) is 9.47 Å². The second kappa shape index (κ2) is 3.46. The number of hydrogen-bond donors (Lipinski definition) is 0. The molecule has 114 valence electrons. The maximum atomic E-state index is 6.48. The van der Waals surface area contributed by atoms with Crippen molar-refractivity contribution in [3.63, 3.8) is 0 Å². The molecule has 3 aliphatic carbocycles. The Hall–Kier alpha value is -0.0800. The Morgan fingerprint density at radius 2 is 1.60 bits per heavy atom. The number of fused-ring (bicyclic) bond motifs is 3. The molecule has 1 spiro atoms. The molecule has 2 nitrogen and oxygen atoms in total. The van der Waals surface area contributed by atoms with Crippen LogP contribution in [0, 0.1) is 28.6 Å². The fourth-order valence-corrected chi connectivity index (χ4v) is 7.01. The lowest BCUT2D eigenvalue weighted by molar-refractivity contribution is -0.177. The molecule has 0 N–H and O–H groups in total. The van der Waals surface area contributed by atoms with Gasteiger partial charge in [-0.15, -0.1) is 0 Å². The molecule has 4 fully saturated rings. The van der Waals surface area contributed by atoms with Gasteiger partial charge in [0.2, 0.25) is 0 Å². The van der Waals surface area contributed by atoms with Crippen molar-refractivity contribution in [3.05, 3.63) is 0 Å². The third-order valence-corrected chi connectivity index (χ3v) is 7.73. The molecule has 1 saturated heterocycles. The zero-order chi connectivity index (χ0) is 14.6. The van der Waals surface area contributed by atoms with Gasteiger partial charge in [0.15, 0.2) is 5.79 Å². The van der Waals surface area contributed by atoms with Gasteiger partial charge in [0.25, 0.3) is 0 Å². The standard InChI is InChI=1S/C18H30O2/c1-11-7-8-12-15(2,3)13-9-18(11,12)10-14-17(13,6)20-16(4,5)19-14/h11-14H,7-10H2,1-6H3/t11-,12+,13?,14-,17+,18-/m1/s1. The minimum Gasteiger partial charge on any atom is -0.344 e. The monoisotopic (exact) mass is 278 g/mol. The van der Waals surface area contributed by atoms with Crippen LogP contribution in [0.2, 0.25) is 0 Å². The highest BCUT2D eigenvalue weighted by atomic mass is 16.8. The second-order valence-corrected chi connectivity index (χ2v) is 9.34. The summed E-state index contributed by atoms with van der Waals surface area (Å²) in [5, 5.41) is 0. The third-order valence-electron chi connectivity index (χ3n) is 7.73. The minimum absolute atomic E-state index is 0.0810. The highest BCUT2D eigenvalue weighted by molar-refractivity contribution is 5.21. The van der Waals surface area contributed by atoms with E-state index in [-0.39, 0.29) is 5.60 Å². The van der Waals surface area contributed by atoms with Gasteiger partial charge in [-0.1, -0.05) is 20.8 Å². The summed E-state index contributed by atoms with van der Waals surface area (Å²) in [7, 11) is 0.